The average Bonchev–Trinajstić information content (AvgIpc) is 2.27. The van der Waals surface area contributed by atoms with Crippen LogP contribution >= 0.6 is 12.6 Å². The van der Waals surface area contributed by atoms with Gasteiger partial charge < -0.3 is 9.15 Å². The first-order valence-corrected chi connectivity index (χ1v) is 4.92. The second kappa shape index (κ2) is 4.02. The Kier molecular flexibility index (Phi) is 2.70. The van der Waals surface area contributed by atoms with E-state index in [0.717, 1.165) is 6.07 Å². The third kappa shape index (κ3) is 1.81. The Bertz CT molecular complexity index is 615. The van der Waals surface area contributed by atoms with E-state index in [-0.39, 0.29) is 11.2 Å². The van der Waals surface area contributed by atoms with Crippen LogP contribution in [-0.2, 0) is 4.74 Å². The molecule has 0 aliphatic carbocycles. The van der Waals surface area contributed by atoms with Gasteiger partial charge in [-0.2, -0.15) is 0 Å². The van der Waals surface area contributed by atoms with Crippen molar-refractivity contribution in [2.45, 2.75) is 4.90 Å². The number of thiol groups is 1. The van der Waals surface area contributed by atoms with Crippen molar-refractivity contribution in [3.63, 3.8) is 0 Å². The molecule has 82 valence electrons. The van der Waals surface area contributed by atoms with E-state index in [1.807, 2.05) is 0 Å². The van der Waals surface area contributed by atoms with Gasteiger partial charge in [-0.1, -0.05) is 0 Å². The zero-order valence-electron chi connectivity index (χ0n) is 8.39. The minimum atomic E-state index is -0.677. The minimum absolute atomic E-state index is 0.112. The zero-order valence-corrected chi connectivity index (χ0v) is 9.28. The number of esters is 1. The predicted molar refractivity (Wildman–Crippen MR) is 61.1 cm³/mol. The summed E-state index contributed by atoms with van der Waals surface area (Å²) < 4.78 is 9.73. The van der Waals surface area contributed by atoms with E-state index in [1.54, 1.807) is 18.2 Å². The molecular weight excluding hydrogens is 228 g/mol. The van der Waals surface area contributed by atoms with Crippen LogP contribution in [0.25, 0.3) is 11.0 Å². The molecule has 0 saturated heterocycles. The Hall–Kier alpha value is -1.75. The Morgan fingerprint density at radius 1 is 1.38 bits per heavy atom. The molecule has 0 unspecified atom stereocenters. The fourth-order valence-electron chi connectivity index (χ4n) is 1.34. The quantitative estimate of drug-likeness (QED) is 0.606. The molecule has 0 spiro atoms. The molecule has 1 aromatic carbocycles. The number of methoxy groups -OCH3 is 1. The average molecular weight is 236 g/mol. The van der Waals surface area contributed by atoms with Crippen molar-refractivity contribution < 1.29 is 13.9 Å². The Morgan fingerprint density at radius 3 is 2.81 bits per heavy atom. The van der Waals surface area contributed by atoms with Crippen LogP contribution in [0.15, 0.2) is 38.4 Å². The largest absolute Gasteiger partial charge is 0.463 e. The molecule has 0 saturated carbocycles. The summed E-state index contributed by atoms with van der Waals surface area (Å²) in [6, 6.07) is 5.98. The van der Waals surface area contributed by atoms with Crippen molar-refractivity contribution in [3.05, 3.63) is 40.2 Å². The summed E-state index contributed by atoms with van der Waals surface area (Å²) in [6.45, 7) is 0. The molecule has 5 heteroatoms. The second-order valence-electron chi connectivity index (χ2n) is 3.15. The van der Waals surface area contributed by atoms with Gasteiger partial charge in [0, 0.05) is 11.0 Å². The summed E-state index contributed by atoms with van der Waals surface area (Å²) in [5.74, 6) is -0.789. The third-order valence-corrected chi connectivity index (χ3v) is 2.38. The van der Waals surface area contributed by atoms with Gasteiger partial charge in [0.25, 0.3) is 0 Å². The maximum atomic E-state index is 11.6. The van der Waals surface area contributed by atoms with E-state index < -0.39 is 5.97 Å². The van der Waals surface area contributed by atoms with Gasteiger partial charge in [0.15, 0.2) is 5.43 Å². The molecule has 0 aliphatic heterocycles. The fraction of sp³-hybridized carbons (Fsp3) is 0.0909. The van der Waals surface area contributed by atoms with Crippen LogP contribution in [0, 0.1) is 0 Å². The van der Waals surface area contributed by atoms with E-state index >= 15 is 0 Å². The Labute approximate surface area is 96.2 Å². The lowest BCUT2D eigenvalue weighted by Gasteiger charge is -2.01. The van der Waals surface area contributed by atoms with Crippen molar-refractivity contribution in [2.75, 3.05) is 7.11 Å². The molecule has 16 heavy (non-hydrogen) atoms. The highest BCUT2D eigenvalue weighted by Gasteiger charge is 2.12. The molecule has 0 bridgehead atoms. The molecular formula is C11H8O4S. The molecule has 2 rings (SSSR count). The summed E-state index contributed by atoms with van der Waals surface area (Å²) in [5, 5.41) is 0.408. The van der Waals surface area contributed by atoms with E-state index in [2.05, 4.69) is 17.4 Å². The van der Waals surface area contributed by atoms with Gasteiger partial charge in [0.2, 0.25) is 5.76 Å². The standard InChI is InChI=1S/C11H8O4S/c1-14-11(13)10-5-8(12)7-3-2-6(16)4-9(7)15-10/h2-5,16H,1H3. The Balaban J connectivity index is 2.75. The molecule has 4 nitrogen and oxygen atoms in total. The summed E-state index contributed by atoms with van der Waals surface area (Å²) in [4.78, 5) is 23.5. The number of fused-ring (bicyclic) bond motifs is 1. The monoisotopic (exact) mass is 236 g/mol. The lowest BCUT2D eigenvalue weighted by molar-refractivity contribution is 0.0565. The summed E-state index contributed by atoms with van der Waals surface area (Å²) in [5.41, 5.74) is 0.0374. The van der Waals surface area contributed by atoms with Gasteiger partial charge in [0.05, 0.1) is 12.5 Å². The predicted octanol–water partition coefficient (Wildman–Crippen LogP) is 1.87. The van der Waals surface area contributed by atoms with E-state index in [4.69, 9.17) is 4.42 Å². The zero-order chi connectivity index (χ0) is 11.7. The van der Waals surface area contributed by atoms with Gasteiger partial charge in [0.1, 0.15) is 5.58 Å². The molecule has 1 aromatic heterocycles. The van der Waals surface area contributed by atoms with Crippen LogP contribution < -0.4 is 5.43 Å². The first-order valence-electron chi connectivity index (χ1n) is 4.47. The van der Waals surface area contributed by atoms with Gasteiger partial charge >= 0.3 is 5.97 Å². The molecule has 2 aromatic rings. The highest BCUT2D eigenvalue weighted by Crippen LogP contribution is 2.17. The summed E-state index contributed by atoms with van der Waals surface area (Å²) in [6.07, 6.45) is 0. The number of hydrogen-bond donors (Lipinski definition) is 1. The normalized spacial score (nSPS) is 10.4. The number of carbonyl (C=O) groups is 1. The van der Waals surface area contributed by atoms with Gasteiger partial charge in [-0.05, 0) is 18.2 Å². The lowest BCUT2D eigenvalue weighted by atomic mass is 10.2. The third-order valence-electron chi connectivity index (χ3n) is 2.10. The number of rotatable bonds is 1. The van der Waals surface area contributed by atoms with E-state index in [9.17, 15) is 9.59 Å². The molecule has 0 N–H and O–H groups in total. The van der Waals surface area contributed by atoms with Crippen molar-refractivity contribution in [1.29, 1.82) is 0 Å². The van der Waals surface area contributed by atoms with E-state index in [1.165, 1.54) is 7.11 Å². The Morgan fingerprint density at radius 2 is 2.12 bits per heavy atom. The summed E-state index contributed by atoms with van der Waals surface area (Å²) in [7, 11) is 1.22. The molecule has 0 atom stereocenters. The first kappa shape index (κ1) is 10.8. The van der Waals surface area contributed by atoms with Crippen molar-refractivity contribution >= 4 is 29.6 Å². The first-order chi connectivity index (χ1) is 7.61. The smallest absolute Gasteiger partial charge is 0.374 e. The highest BCUT2D eigenvalue weighted by atomic mass is 32.1. The molecule has 0 fully saturated rings. The lowest BCUT2D eigenvalue weighted by Crippen LogP contribution is -2.08. The molecule has 0 radical (unpaired) electrons. The van der Waals surface area contributed by atoms with Gasteiger partial charge in [-0.15, -0.1) is 12.6 Å². The van der Waals surface area contributed by atoms with Crippen LogP contribution in [0.1, 0.15) is 10.6 Å². The van der Waals surface area contributed by atoms with Crippen LogP contribution in [0.5, 0.6) is 0 Å². The van der Waals surface area contributed by atoms with Crippen molar-refractivity contribution in [3.8, 4) is 0 Å². The number of hydrogen-bond acceptors (Lipinski definition) is 5. The van der Waals surface area contributed by atoms with Crippen LogP contribution in [0.3, 0.4) is 0 Å². The number of benzene rings is 1. The number of ether oxygens (including phenoxy) is 1. The van der Waals surface area contributed by atoms with Crippen molar-refractivity contribution in [2.24, 2.45) is 0 Å². The highest BCUT2D eigenvalue weighted by molar-refractivity contribution is 7.80. The van der Waals surface area contributed by atoms with Crippen LogP contribution in [-0.4, -0.2) is 13.1 Å². The fourth-order valence-corrected chi connectivity index (χ4v) is 1.54. The summed E-state index contributed by atoms with van der Waals surface area (Å²) >= 11 is 4.13. The van der Waals surface area contributed by atoms with Crippen LogP contribution in [0.2, 0.25) is 0 Å². The molecule has 0 aliphatic rings. The molecule has 1 heterocycles. The number of carbonyl (C=O) groups excluding carboxylic acids is 1. The maximum Gasteiger partial charge on any atom is 0.374 e. The maximum absolute atomic E-state index is 11.6. The van der Waals surface area contributed by atoms with Crippen molar-refractivity contribution in [1.82, 2.24) is 0 Å². The topological polar surface area (TPSA) is 56.5 Å². The molecule has 0 amide bonds. The van der Waals surface area contributed by atoms with Gasteiger partial charge in [-0.25, -0.2) is 4.79 Å². The van der Waals surface area contributed by atoms with E-state index in [0.29, 0.717) is 15.9 Å². The van der Waals surface area contributed by atoms with Crippen LogP contribution in [0.4, 0.5) is 0 Å². The van der Waals surface area contributed by atoms with Gasteiger partial charge in [-0.3, -0.25) is 4.79 Å². The minimum Gasteiger partial charge on any atom is -0.463 e. The second-order valence-corrected chi connectivity index (χ2v) is 3.66. The SMILES string of the molecule is COC(=O)c1cc(=O)c2ccc(S)cc2o1.